The zero-order chi connectivity index (χ0) is 19.9. The second kappa shape index (κ2) is 9.21. The van der Waals surface area contributed by atoms with E-state index in [0.29, 0.717) is 0 Å². The van der Waals surface area contributed by atoms with Crippen molar-refractivity contribution in [1.29, 1.82) is 0 Å². The monoisotopic (exact) mass is 379 g/mol. The van der Waals surface area contributed by atoms with Gasteiger partial charge in [0.25, 0.3) is 0 Å². The smallest absolute Gasteiger partial charge is 0.396 e. The van der Waals surface area contributed by atoms with Crippen molar-refractivity contribution in [2.24, 2.45) is 5.92 Å². The molecular weight excluding hydrogens is 359 g/mol. The highest BCUT2D eigenvalue weighted by molar-refractivity contribution is 5.78. The van der Waals surface area contributed by atoms with Crippen molar-refractivity contribution in [2.45, 2.75) is 24.9 Å². The predicted molar refractivity (Wildman–Crippen MR) is 94.1 cm³/mol. The second-order valence-electron chi connectivity index (χ2n) is 6.24. The number of carboxylic acid groups (broad SMARTS) is 1. The van der Waals surface area contributed by atoms with Gasteiger partial charge < -0.3 is 10.4 Å². The molecule has 0 saturated carbocycles. The Labute approximate surface area is 155 Å². The quantitative estimate of drug-likeness (QED) is 0.734. The summed E-state index contributed by atoms with van der Waals surface area (Å²) < 4.78 is 39.9. The van der Waals surface area contributed by atoms with E-state index in [1.165, 1.54) is 24.3 Å². The molecule has 2 atom stereocenters. The number of benzene rings is 2. The van der Waals surface area contributed by atoms with E-state index in [1.54, 1.807) is 36.4 Å². The van der Waals surface area contributed by atoms with Crippen LogP contribution in [0, 0.1) is 5.92 Å². The molecule has 27 heavy (non-hydrogen) atoms. The molecule has 0 aliphatic rings. The van der Waals surface area contributed by atoms with Crippen molar-refractivity contribution in [3.8, 4) is 0 Å². The number of amides is 1. The van der Waals surface area contributed by atoms with Gasteiger partial charge in [-0.1, -0.05) is 60.7 Å². The lowest BCUT2D eigenvalue weighted by Crippen LogP contribution is -2.36. The molecular formula is C20H20F3NO3. The highest BCUT2D eigenvalue weighted by Crippen LogP contribution is 2.37. The Morgan fingerprint density at radius 2 is 1.52 bits per heavy atom. The first-order valence-corrected chi connectivity index (χ1v) is 8.42. The summed E-state index contributed by atoms with van der Waals surface area (Å²) in [4.78, 5) is 23.4. The summed E-state index contributed by atoms with van der Waals surface area (Å²) in [5, 5.41) is 11.6. The van der Waals surface area contributed by atoms with Crippen molar-refractivity contribution in [2.75, 3.05) is 6.54 Å². The van der Waals surface area contributed by atoms with Gasteiger partial charge in [-0.15, -0.1) is 0 Å². The van der Waals surface area contributed by atoms with E-state index in [2.05, 4.69) is 5.32 Å². The fraction of sp³-hybridized carbons (Fsp3) is 0.300. The van der Waals surface area contributed by atoms with E-state index in [1.807, 2.05) is 0 Å². The van der Waals surface area contributed by atoms with E-state index in [0.717, 1.165) is 5.56 Å². The number of carbonyl (C=O) groups excluding carboxylic acids is 1. The Balaban J connectivity index is 1.99. The van der Waals surface area contributed by atoms with Gasteiger partial charge >= 0.3 is 12.1 Å². The van der Waals surface area contributed by atoms with Crippen LogP contribution in [0.3, 0.4) is 0 Å². The van der Waals surface area contributed by atoms with E-state index in [-0.39, 0.29) is 18.5 Å². The molecule has 2 aromatic carbocycles. The summed E-state index contributed by atoms with van der Waals surface area (Å²) in [6.45, 7) is -0.234. The fourth-order valence-electron chi connectivity index (χ4n) is 2.75. The zero-order valence-electron chi connectivity index (χ0n) is 14.4. The maximum absolute atomic E-state index is 13.3. The minimum atomic E-state index is -4.57. The lowest BCUT2D eigenvalue weighted by Gasteiger charge is -2.21. The van der Waals surface area contributed by atoms with Gasteiger partial charge in [-0.3, -0.25) is 9.59 Å². The Bertz CT molecular complexity index is 748. The van der Waals surface area contributed by atoms with Gasteiger partial charge in [0.1, 0.15) is 0 Å². The summed E-state index contributed by atoms with van der Waals surface area (Å²) in [5.41, 5.74) is 0.774. The third-order valence-electron chi connectivity index (χ3n) is 4.21. The maximum Gasteiger partial charge on any atom is 0.396 e. The lowest BCUT2D eigenvalue weighted by molar-refractivity contribution is -0.157. The molecule has 144 valence electrons. The van der Waals surface area contributed by atoms with Crippen LogP contribution in [0.1, 0.15) is 23.5 Å². The number of hydrogen-bond donors (Lipinski definition) is 2. The van der Waals surface area contributed by atoms with Crippen LogP contribution >= 0.6 is 0 Å². The number of alkyl halides is 3. The molecule has 2 unspecified atom stereocenters. The van der Waals surface area contributed by atoms with E-state index >= 15 is 0 Å². The van der Waals surface area contributed by atoms with Crippen LogP contribution in [0.5, 0.6) is 0 Å². The van der Waals surface area contributed by atoms with Crippen LogP contribution in [-0.4, -0.2) is 29.7 Å². The molecule has 0 aliphatic heterocycles. The third-order valence-corrected chi connectivity index (χ3v) is 4.21. The topological polar surface area (TPSA) is 66.4 Å². The number of aliphatic carboxylic acids is 1. The predicted octanol–water partition coefficient (Wildman–Crippen LogP) is 3.78. The SMILES string of the molecule is O=C(CC(c1ccccc1)C(F)(F)F)NCC(Cc1ccccc1)C(=O)O. The average molecular weight is 379 g/mol. The second-order valence-corrected chi connectivity index (χ2v) is 6.24. The maximum atomic E-state index is 13.3. The summed E-state index contributed by atoms with van der Waals surface area (Å²) in [7, 11) is 0. The average Bonchev–Trinajstić information content (AvgIpc) is 2.63. The standard InChI is InChI=1S/C20H20F3NO3/c21-20(22,23)17(15-9-5-2-6-10-15)12-18(25)24-13-16(19(26)27)11-14-7-3-1-4-8-14/h1-10,16-17H,11-13H2,(H,24,25)(H,26,27). The first kappa shape index (κ1) is 20.5. The van der Waals surface area contributed by atoms with Crippen molar-refractivity contribution in [1.82, 2.24) is 5.32 Å². The highest BCUT2D eigenvalue weighted by atomic mass is 19.4. The fourth-order valence-corrected chi connectivity index (χ4v) is 2.75. The molecule has 0 heterocycles. The summed E-state index contributed by atoms with van der Waals surface area (Å²) >= 11 is 0. The Morgan fingerprint density at radius 1 is 0.963 bits per heavy atom. The highest BCUT2D eigenvalue weighted by Gasteiger charge is 2.41. The van der Waals surface area contributed by atoms with Gasteiger partial charge in [0, 0.05) is 13.0 Å². The lowest BCUT2D eigenvalue weighted by atomic mass is 9.94. The first-order chi connectivity index (χ1) is 12.8. The van der Waals surface area contributed by atoms with Gasteiger partial charge in [0.15, 0.2) is 0 Å². The van der Waals surface area contributed by atoms with E-state index in [4.69, 9.17) is 0 Å². The molecule has 7 heteroatoms. The summed E-state index contributed by atoms with van der Waals surface area (Å²) in [6, 6.07) is 16.0. The molecule has 0 radical (unpaired) electrons. The molecule has 0 saturated heterocycles. The van der Waals surface area contributed by atoms with Gasteiger partial charge in [0.05, 0.1) is 11.8 Å². The molecule has 2 N–H and O–H groups in total. The van der Waals surface area contributed by atoms with Crippen molar-refractivity contribution < 1.29 is 27.9 Å². The molecule has 0 aromatic heterocycles. The molecule has 4 nitrogen and oxygen atoms in total. The van der Waals surface area contributed by atoms with Crippen LogP contribution in [0.25, 0.3) is 0 Å². The zero-order valence-corrected chi connectivity index (χ0v) is 14.4. The normalized spacial score (nSPS) is 13.6. The minimum absolute atomic E-state index is 0.000722. The van der Waals surface area contributed by atoms with Gasteiger partial charge in [-0.25, -0.2) is 0 Å². The van der Waals surface area contributed by atoms with E-state index in [9.17, 15) is 27.9 Å². The van der Waals surface area contributed by atoms with E-state index < -0.39 is 36.3 Å². The minimum Gasteiger partial charge on any atom is -0.481 e. The number of rotatable bonds is 8. The Hall–Kier alpha value is -2.83. The number of halogens is 3. The molecule has 0 aliphatic carbocycles. The molecule has 0 spiro atoms. The number of nitrogens with one attached hydrogen (secondary N) is 1. The van der Waals surface area contributed by atoms with Crippen LogP contribution in [0.2, 0.25) is 0 Å². The molecule has 0 bridgehead atoms. The molecule has 2 aromatic rings. The largest absolute Gasteiger partial charge is 0.481 e. The van der Waals surface area contributed by atoms with Gasteiger partial charge in [-0.2, -0.15) is 13.2 Å². The third kappa shape index (κ3) is 6.44. The molecule has 1 amide bonds. The van der Waals surface area contributed by atoms with Crippen LogP contribution in [0.4, 0.5) is 13.2 Å². The molecule has 0 fully saturated rings. The van der Waals surface area contributed by atoms with Gasteiger partial charge in [-0.05, 0) is 17.5 Å². The first-order valence-electron chi connectivity index (χ1n) is 8.42. The Kier molecular flexibility index (Phi) is 6.98. The van der Waals surface area contributed by atoms with Crippen molar-refractivity contribution in [3.63, 3.8) is 0 Å². The molecule has 2 rings (SSSR count). The van der Waals surface area contributed by atoms with Gasteiger partial charge in [0.2, 0.25) is 5.91 Å². The number of carbonyl (C=O) groups is 2. The Morgan fingerprint density at radius 3 is 2.04 bits per heavy atom. The van der Waals surface area contributed by atoms with Crippen LogP contribution < -0.4 is 5.32 Å². The number of carboxylic acids is 1. The number of hydrogen-bond acceptors (Lipinski definition) is 2. The van der Waals surface area contributed by atoms with Crippen LogP contribution in [0.15, 0.2) is 60.7 Å². The van der Waals surface area contributed by atoms with Crippen molar-refractivity contribution >= 4 is 11.9 Å². The summed E-state index contributed by atoms with van der Waals surface area (Å²) in [6.07, 6.45) is -5.18. The van der Waals surface area contributed by atoms with Crippen LogP contribution in [-0.2, 0) is 16.0 Å². The summed E-state index contributed by atoms with van der Waals surface area (Å²) in [5.74, 6) is -4.80. The van der Waals surface area contributed by atoms with Crippen molar-refractivity contribution in [3.05, 3.63) is 71.8 Å².